The molecular formula is C17H26N2O2. The largest absolute Gasteiger partial charge is 0.387 e. The standard InChI is InChI=1S/C17H26N2O2/c1-13(2)14-6-5-7-15(10-14)19-9-8-18(16(21)11-20)12-17(19,3)4/h5-7,10,13,20H,8-9,11-12H2,1-4H3. The molecule has 2 rings (SSSR count). The number of anilines is 1. The summed E-state index contributed by atoms with van der Waals surface area (Å²) in [6.45, 7) is 10.4. The van der Waals surface area contributed by atoms with Crippen LogP contribution in [0.15, 0.2) is 24.3 Å². The van der Waals surface area contributed by atoms with Crippen molar-refractivity contribution in [2.24, 2.45) is 0 Å². The highest BCUT2D eigenvalue weighted by molar-refractivity contribution is 5.77. The second-order valence-corrected chi connectivity index (χ2v) is 6.69. The lowest BCUT2D eigenvalue weighted by Gasteiger charge is -2.48. The van der Waals surface area contributed by atoms with Crippen molar-refractivity contribution in [3.05, 3.63) is 29.8 Å². The summed E-state index contributed by atoms with van der Waals surface area (Å²) in [5, 5.41) is 9.03. The minimum absolute atomic E-state index is 0.140. The van der Waals surface area contributed by atoms with E-state index in [0.29, 0.717) is 19.0 Å². The number of piperazine rings is 1. The number of rotatable bonds is 3. The lowest BCUT2D eigenvalue weighted by atomic mass is 9.96. The number of nitrogens with zero attached hydrogens (tertiary/aromatic N) is 2. The van der Waals surface area contributed by atoms with Crippen molar-refractivity contribution in [1.29, 1.82) is 0 Å². The predicted octanol–water partition coefficient (Wildman–Crippen LogP) is 2.23. The van der Waals surface area contributed by atoms with E-state index in [2.05, 4.69) is 56.9 Å². The van der Waals surface area contributed by atoms with Gasteiger partial charge in [0.15, 0.2) is 0 Å². The number of amides is 1. The number of hydrogen-bond donors (Lipinski definition) is 1. The topological polar surface area (TPSA) is 43.8 Å². The Kier molecular flexibility index (Phi) is 4.57. The number of carbonyl (C=O) groups excluding carboxylic acids is 1. The van der Waals surface area contributed by atoms with Crippen LogP contribution in [-0.2, 0) is 4.79 Å². The molecule has 0 saturated carbocycles. The highest BCUT2D eigenvalue weighted by Gasteiger charge is 2.35. The van der Waals surface area contributed by atoms with Crippen LogP contribution < -0.4 is 4.90 Å². The van der Waals surface area contributed by atoms with E-state index in [4.69, 9.17) is 5.11 Å². The van der Waals surface area contributed by atoms with Crippen molar-refractivity contribution in [3.8, 4) is 0 Å². The Morgan fingerprint density at radius 1 is 1.33 bits per heavy atom. The number of aliphatic hydroxyl groups excluding tert-OH is 1. The minimum atomic E-state index is -0.404. The number of carbonyl (C=O) groups is 1. The van der Waals surface area contributed by atoms with Gasteiger partial charge in [-0.1, -0.05) is 26.0 Å². The maximum Gasteiger partial charge on any atom is 0.248 e. The molecule has 1 aliphatic heterocycles. The summed E-state index contributed by atoms with van der Waals surface area (Å²) in [6, 6.07) is 8.64. The Morgan fingerprint density at radius 3 is 2.62 bits per heavy atom. The molecular weight excluding hydrogens is 264 g/mol. The molecule has 0 spiro atoms. The molecule has 0 aromatic heterocycles. The molecule has 4 heteroatoms. The Balaban J connectivity index is 2.21. The van der Waals surface area contributed by atoms with E-state index in [1.54, 1.807) is 4.90 Å². The van der Waals surface area contributed by atoms with Crippen LogP contribution in [0.2, 0.25) is 0 Å². The molecule has 4 nitrogen and oxygen atoms in total. The lowest BCUT2D eigenvalue weighted by molar-refractivity contribution is -0.135. The van der Waals surface area contributed by atoms with Crippen molar-refractivity contribution in [3.63, 3.8) is 0 Å². The molecule has 1 heterocycles. The summed E-state index contributed by atoms with van der Waals surface area (Å²) >= 11 is 0. The third kappa shape index (κ3) is 3.38. The first kappa shape index (κ1) is 15.8. The van der Waals surface area contributed by atoms with Gasteiger partial charge < -0.3 is 14.9 Å². The molecule has 1 fully saturated rings. The van der Waals surface area contributed by atoms with Gasteiger partial charge in [0.1, 0.15) is 6.61 Å². The van der Waals surface area contributed by atoms with E-state index in [-0.39, 0.29) is 11.4 Å². The maximum atomic E-state index is 11.7. The van der Waals surface area contributed by atoms with Gasteiger partial charge >= 0.3 is 0 Å². The number of hydrogen-bond acceptors (Lipinski definition) is 3. The lowest BCUT2D eigenvalue weighted by Crippen LogP contribution is -2.61. The van der Waals surface area contributed by atoms with Crippen molar-refractivity contribution in [2.45, 2.75) is 39.2 Å². The fourth-order valence-electron chi connectivity index (χ4n) is 3.00. The van der Waals surface area contributed by atoms with Gasteiger partial charge in [0.2, 0.25) is 5.91 Å². The van der Waals surface area contributed by atoms with E-state index >= 15 is 0 Å². The Labute approximate surface area is 127 Å². The van der Waals surface area contributed by atoms with Crippen molar-refractivity contribution in [1.82, 2.24) is 4.90 Å². The van der Waals surface area contributed by atoms with E-state index in [1.807, 2.05) is 0 Å². The predicted molar refractivity (Wildman–Crippen MR) is 85.6 cm³/mol. The third-order valence-electron chi connectivity index (χ3n) is 4.24. The van der Waals surface area contributed by atoms with Gasteiger partial charge in [0.25, 0.3) is 0 Å². The molecule has 21 heavy (non-hydrogen) atoms. The summed E-state index contributed by atoms with van der Waals surface area (Å²) in [6.07, 6.45) is 0. The van der Waals surface area contributed by atoms with Gasteiger partial charge in [-0.05, 0) is 37.5 Å². The van der Waals surface area contributed by atoms with E-state index in [9.17, 15) is 4.79 Å². The third-order valence-corrected chi connectivity index (χ3v) is 4.24. The molecule has 0 atom stereocenters. The van der Waals surface area contributed by atoms with Crippen LogP contribution in [-0.4, -0.2) is 47.7 Å². The quantitative estimate of drug-likeness (QED) is 0.928. The summed E-state index contributed by atoms with van der Waals surface area (Å²) in [5.41, 5.74) is 2.40. The molecule has 1 aliphatic rings. The smallest absolute Gasteiger partial charge is 0.248 e. The molecule has 1 aromatic carbocycles. The molecule has 0 aliphatic carbocycles. The molecule has 0 bridgehead atoms. The van der Waals surface area contributed by atoms with E-state index in [1.165, 1.54) is 11.3 Å². The van der Waals surface area contributed by atoms with Gasteiger partial charge in [-0.3, -0.25) is 4.79 Å². The van der Waals surface area contributed by atoms with Crippen molar-refractivity contribution < 1.29 is 9.90 Å². The summed E-state index contributed by atoms with van der Waals surface area (Å²) < 4.78 is 0. The van der Waals surface area contributed by atoms with Crippen LogP contribution in [0.25, 0.3) is 0 Å². The molecule has 1 N–H and O–H groups in total. The summed E-state index contributed by atoms with van der Waals surface area (Å²) in [7, 11) is 0. The van der Waals surface area contributed by atoms with Crippen LogP contribution in [0.4, 0.5) is 5.69 Å². The minimum Gasteiger partial charge on any atom is -0.387 e. The molecule has 1 saturated heterocycles. The fourth-order valence-corrected chi connectivity index (χ4v) is 3.00. The van der Waals surface area contributed by atoms with Crippen LogP contribution in [0.5, 0.6) is 0 Å². The first-order valence-electron chi connectivity index (χ1n) is 7.61. The van der Waals surface area contributed by atoms with E-state index < -0.39 is 6.61 Å². The second kappa shape index (κ2) is 6.06. The SMILES string of the molecule is CC(C)c1cccc(N2CCN(C(=O)CO)CC2(C)C)c1. The second-order valence-electron chi connectivity index (χ2n) is 6.69. The van der Waals surface area contributed by atoms with Gasteiger partial charge in [-0.25, -0.2) is 0 Å². The zero-order chi connectivity index (χ0) is 15.6. The van der Waals surface area contributed by atoms with Crippen LogP contribution in [0, 0.1) is 0 Å². The van der Waals surface area contributed by atoms with Crippen molar-refractivity contribution >= 4 is 11.6 Å². The highest BCUT2D eigenvalue weighted by Crippen LogP contribution is 2.30. The Bertz CT molecular complexity index is 511. The van der Waals surface area contributed by atoms with Gasteiger partial charge in [0.05, 0.1) is 5.54 Å². The average molecular weight is 290 g/mol. The van der Waals surface area contributed by atoms with Crippen molar-refractivity contribution in [2.75, 3.05) is 31.1 Å². The molecule has 0 radical (unpaired) electrons. The fraction of sp³-hybridized carbons (Fsp3) is 0.588. The van der Waals surface area contributed by atoms with Crippen LogP contribution in [0.1, 0.15) is 39.2 Å². The monoisotopic (exact) mass is 290 g/mol. The molecule has 0 unspecified atom stereocenters. The number of benzene rings is 1. The zero-order valence-corrected chi connectivity index (χ0v) is 13.5. The summed E-state index contributed by atoms with van der Waals surface area (Å²) in [4.78, 5) is 15.8. The normalized spacial score (nSPS) is 18.2. The molecule has 116 valence electrons. The number of aliphatic hydroxyl groups is 1. The summed E-state index contributed by atoms with van der Waals surface area (Å²) in [5.74, 6) is 0.323. The van der Waals surface area contributed by atoms with Crippen LogP contribution in [0.3, 0.4) is 0 Å². The highest BCUT2D eigenvalue weighted by atomic mass is 16.3. The van der Waals surface area contributed by atoms with Crippen LogP contribution >= 0.6 is 0 Å². The first-order valence-corrected chi connectivity index (χ1v) is 7.61. The Hall–Kier alpha value is -1.55. The first-order chi connectivity index (χ1) is 9.85. The molecule has 1 amide bonds. The van der Waals surface area contributed by atoms with Gasteiger partial charge in [-0.15, -0.1) is 0 Å². The molecule has 1 aromatic rings. The maximum absolute atomic E-state index is 11.7. The zero-order valence-electron chi connectivity index (χ0n) is 13.5. The van der Waals surface area contributed by atoms with Gasteiger partial charge in [-0.2, -0.15) is 0 Å². The van der Waals surface area contributed by atoms with E-state index in [0.717, 1.165) is 6.54 Å². The van der Waals surface area contributed by atoms with Gasteiger partial charge in [0, 0.05) is 25.3 Å². The average Bonchev–Trinajstić information content (AvgIpc) is 2.45. The Morgan fingerprint density at radius 2 is 2.05 bits per heavy atom.